The molecule has 0 aromatic carbocycles. The van der Waals surface area contributed by atoms with Crippen LogP contribution in [0.3, 0.4) is 0 Å². The first kappa shape index (κ1) is 25.9. The Morgan fingerprint density at radius 2 is 1.38 bits per heavy atom. The fourth-order valence-electron chi connectivity index (χ4n) is 4.60. The summed E-state index contributed by atoms with van der Waals surface area (Å²) in [5.41, 5.74) is 1.31. The van der Waals surface area contributed by atoms with Gasteiger partial charge in [0.2, 0.25) is 11.8 Å². The Labute approximate surface area is 180 Å². The maximum Gasteiger partial charge on any atom is 0.230 e. The fraction of sp³-hybridized carbons (Fsp3) is 0.846. The lowest BCUT2D eigenvalue weighted by Gasteiger charge is -2.21. The lowest BCUT2D eigenvalue weighted by atomic mass is 9.81. The smallest absolute Gasteiger partial charge is 0.230 e. The summed E-state index contributed by atoms with van der Waals surface area (Å²) in [5.74, 6) is -0.0914. The molecule has 168 valence electrons. The summed E-state index contributed by atoms with van der Waals surface area (Å²) in [6, 6.07) is 0. The minimum absolute atomic E-state index is 0.0674. The zero-order chi connectivity index (χ0) is 21.3. The molecule has 0 aromatic rings. The molecule has 3 nitrogen and oxygen atoms in total. The van der Waals surface area contributed by atoms with E-state index < -0.39 is 0 Å². The Bertz CT molecular complexity index is 483. The van der Waals surface area contributed by atoms with Gasteiger partial charge in [0.25, 0.3) is 0 Å². The van der Waals surface area contributed by atoms with Crippen molar-refractivity contribution in [1.29, 1.82) is 0 Å². The zero-order valence-electron chi connectivity index (χ0n) is 19.6. The number of nitrogens with one attached hydrogen (secondary N) is 1. The molecule has 1 heterocycles. The third-order valence-electron chi connectivity index (χ3n) is 6.45. The van der Waals surface area contributed by atoms with E-state index in [0.29, 0.717) is 6.42 Å². The highest BCUT2D eigenvalue weighted by molar-refractivity contribution is 6.03. The van der Waals surface area contributed by atoms with Crippen molar-refractivity contribution in [2.75, 3.05) is 0 Å². The highest BCUT2D eigenvalue weighted by Gasteiger charge is 2.36. The Hall–Kier alpha value is -1.12. The molecule has 3 heteroatoms. The molecule has 1 aliphatic rings. The van der Waals surface area contributed by atoms with Crippen LogP contribution in [-0.2, 0) is 9.59 Å². The molecule has 0 saturated carbocycles. The molecular weight excluding hydrogens is 358 g/mol. The number of allylic oxidation sites excluding steroid dienone is 2. The molecule has 1 fully saturated rings. The first-order chi connectivity index (χ1) is 14.1. The monoisotopic (exact) mass is 405 g/mol. The van der Waals surface area contributed by atoms with Gasteiger partial charge in [-0.1, -0.05) is 109 Å². The van der Waals surface area contributed by atoms with Crippen LogP contribution in [0.15, 0.2) is 11.6 Å². The minimum Gasteiger partial charge on any atom is -0.296 e. The minimum atomic E-state index is -0.148. The number of unbranched alkanes of at least 4 members (excludes halogenated alkanes) is 13. The molecule has 2 amide bonds. The predicted octanol–water partition coefficient (Wildman–Crippen LogP) is 7.49. The Morgan fingerprint density at radius 3 is 1.83 bits per heavy atom. The van der Waals surface area contributed by atoms with Crippen molar-refractivity contribution < 1.29 is 9.59 Å². The molecule has 29 heavy (non-hydrogen) atoms. The summed E-state index contributed by atoms with van der Waals surface area (Å²) in [6.45, 7) is 6.58. The van der Waals surface area contributed by atoms with E-state index in [1.54, 1.807) is 0 Å². The summed E-state index contributed by atoms with van der Waals surface area (Å²) < 4.78 is 0. The molecule has 0 aromatic heterocycles. The van der Waals surface area contributed by atoms with E-state index in [4.69, 9.17) is 0 Å². The van der Waals surface area contributed by atoms with Crippen molar-refractivity contribution >= 4 is 11.8 Å². The van der Waals surface area contributed by atoms with Gasteiger partial charge in [-0.15, -0.1) is 0 Å². The van der Waals surface area contributed by atoms with Gasteiger partial charge >= 0.3 is 0 Å². The Balaban J connectivity index is 2.08. The van der Waals surface area contributed by atoms with Crippen LogP contribution in [-0.4, -0.2) is 11.8 Å². The molecule has 2 atom stereocenters. The van der Waals surface area contributed by atoms with Crippen LogP contribution >= 0.6 is 0 Å². The summed E-state index contributed by atoms with van der Waals surface area (Å²) in [7, 11) is 0. The van der Waals surface area contributed by atoms with E-state index in [1.165, 1.54) is 89.0 Å². The lowest BCUT2D eigenvalue weighted by Crippen LogP contribution is -2.26. The van der Waals surface area contributed by atoms with Gasteiger partial charge in [-0.3, -0.25) is 14.9 Å². The molecule has 0 spiro atoms. The largest absolute Gasteiger partial charge is 0.296 e. The maximum atomic E-state index is 12.0. The first-order valence-corrected chi connectivity index (χ1v) is 12.6. The van der Waals surface area contributed by atoms with Crippen LogP contribution in [0.1, 0.15) is 130 Å². The number of hydrogen-bond donors (Lipinski definition) is 1. The van der Waals surface area contributed by atoms with Crippen molar-refractivity contribution in [3.8, 4) is 0 Å². The normalized spacial score (nSPS) is 18.3. The topological polar surface area (TPSA) is 46.2 Å². The molecule has 1 rings (SSSR count). The SMILES string of the molecule is CCCCCCCCCCCCCCCC=C(C)C(CCC)C1CC(=O)NC1=O. The molecule has 1 N–H and O–H groups in total. The maximum absolute atomic E-state index is 12.0. The second-order valence-electron chi connectivity index (χ2n) is 9.10. The van der Waals surface area contributed by atoms with E-state index in [-0.39, 0.29) is 23.7 Å². The third-order valence-corrected chi connectivity index (χ3v) is 6.45. The molecular formula is C26H47NO2. The summed E-state index contributed by atoms with van der Waals surface area (Å²) in [6.07, 6.45) is 23.8. The van der Waals surface area contributed by atoms with Gasteiger partial charge in [-0.25, -0.2) is 0 Å². The second kappa shape index (κ2) is 16.7. The summed E-state index contributed by atoms with van der Waals surface area (Å²) >= 11 is 0. The van der Waals surface area contributed by atoms with Crippen LogP contribution in [0.2, 0.25) is 0 Å². The number of imide groups is 1. The highest BCUT2D eigenvalue weighted by atomic mass is 16.2. The van der Waals surface area contributed by atoms with Gasteiger partial charge in [0.1, 0.15) is 0 Å². The van der Waals surface area contributed by atoms with Crippen molar-refractivity contribution in [2.24, 2.45) is 11.8 Å². The Morgan fingerprint density at radius 1 is 0.862 bits per heavy atom. The van der Waals surface area contributed by atoms with Gasteiger partial charge in [0.05, 0.1) is 5.92 Å². The number of rotatable bonds is 18. The average Bonchev–Trinajstić information content (AvgIpc) is 3.03. The number of amides is 2. The van der Waals surface area contributed by atoms with Gasteiger partial charge in [0, 0.05) is 6.42 Å². The zero-order valence-corrected chi connectivity index (χ0v) is 19.6. The Kier molecular flexibility index (Phi) is 14.9. The number of hydrogen-bond acceptors (Lipinski definition) is 2. The standard InChI is InChI=1S/C26H47NO2/c1-4-6-7-8-9-10-11-12-13-14-15-16-17-18-20-22(3)23(19-5-2)24-21-25(28)27-26(24)29/h20,23-24H,4-19,21H2,1-3H3,(H,27,28,29). The number of carbonyl (C=O) groups is 2. The first-order valence-electron chi connectivity index (χ1n) is 12.6. The van der Waals surface area contributed by atoms with E-state index >= 15 is 0 Å². The quantitative estimate of drug-likeness (QED) is 0.146. The highest BCUT2D eigenvalue weighted by Crippen LogP contribution is 2.31. The van der Waals surface area contributed by atoms with E-state index in [0.717, 1.165) is 19.3 Å². The van der Waals surface area contributed by atoms with Crippen molar-refractivity contribution in [1.82, 2.24) is 5.32 Å². The van der Waals surface area contributed by atoms with Gasteiger partial charge in [-0.05, 0) is 32.1 Å². The second-order valence-corrected chi connectivity index (χ2v) is 9.10. The third kappa shape index (κ3) is 11.6. The van der Waals surface area contributed by atoms with Gasteiger partial charge in [0.15, 0.2) is 0 Å². The van der Waals surface area contributed by atoms with E-state index in [9.17, 15) is 9.59 Å². The summed E-state index contributed by atoms with van der Waals surface area (Å²) in [4.78, 5) is 23.6. The predicted molar refractivity (Wildman–Crippen MR) is 124 cm³/mol. The lowest BCUT2D eigenvalue weighted by molar-refractivity contribution is -0.126. The molecule has 0 bridgehead atoms. The van der Waals surface area contributed by atoms with Crippen LogP contribution in [0.5, 0.6) is 0 Å². The van der Waals surface area contributed by atoms with Crippen LogP contribution in [0.25, 0.3) is 0 Å². The van der Waals surface area contributed by atoms with Crippen molar-refractivity contribution in [3.05, 3.63) is 11.6 Å². The van der Waals surface area contributed by atoms with Crippen molar-refractivity contribution in [3.63, 3.8) is 0 Å². The molecule has 1 aliphatic heterocycles. The molecule has 1 saturated heterocycles. The van der Waals surface area contributed by atoms with Crippen LogP contribution in [0, 0.1) is 11.8 Å². The van der Waals surface area contributed by atoms with Gasteiger partial charge < -0.3 is 0 Å². The van der Waals surface area contributed by atoms with Crippen LogP contribution in [0.4, 0.5) is 0 Å². The average molecular weight is 406 g/mol. The summed E-state index contributed by atoms with van der Waals surface area (Å²) in [5, 5.41) is 2.48. The van der Waals surface area contributed by atoms with Crippen molar-refractivity contribution in [2.45, 2.75) is 130 Å². The van der Waals surface area contributed by atoms with Gasteiger partial charge in [-0.2, -0.15) is 0 Å². The van der Waals surface area contributed by atoms with Crippen LogP contribution < -0.4 is 5.32 Å². The van der Waals surface area contributed by atoms with E-state index in [1.807, 2.05) is 0 Å². The molecule has 0 radical (unpaired) electrons. The van der Waals surface area contributed by atoms with E-state index in [2.05, 4.69) is 32.2 Å². The fourth-order valence-corrected chi connectivity index (χ4v) is 4.60. The number of carbonyl (C=O) groups excluding carboxylic acids is 2. The molecule has 0 aliphatic carbocycles. The molecule has 2 unspecified atom stereocenters.